The van der Waals surface area contributed by atoms with Crippen LogP contribution in [0.15, 0.2) is 24.3 Å². The number of benzene rings is 1. The monoisotopic (exact) mass is 581 g/mol. The lowest BCUT2D eigenvalue weighted by Gasteiger charge is -2.45. The molecule has 0 spiro atoms. The van der Waals surface area contributed by atoms with Gasteiger partial charge in [0.2, 0.25) is 5.91 Å². The molecule has 3 aliphatic rings. The number of aliphatic hydroxyl groups excluding tert-OH is 1. The highest BCUT2D eigenvalue weighted by molar-refractivity contribution is 6.30. The van der Waals surface area contributed by atoms with Crippen molar-refractivity contribution in [2.24, 2.45) is 16.7 Å². The van der Waals surface area contributed by atoms with Gasteiger partial charge in [-0.1, -0.05) is 51.4 Å². The van der Waals surface area contributed by atoms with Gasteiger partial charge in [0.1, 0.15) is 0 Å². The van der Waals surface area contributed by atoms with E-state index in [-0.39, 0.29) is 41.8 Å². The first-order valence-corrected chi connectivity index (χ1v) is 15.2. The van der Waals surface area contributed by atoms with Crippen LogP contribution in [0.1, 0.15) is 92.1 Å². The second-order valence-electron chi connectivity index (χ2n) is 15.0. The topological polar surface area (TPSA) is 47.0 Å². The van der Waals surface area contributed by atoms with E-state index in [4.69, 9.17) is 11.6 Å². The molecule has 1 aromatic carbocycles. The maximum Gasteiger partial charge on any atom is 0.227 e. The van der Waals surface area contributed by atoms with Crippen molar-refractivity contribution in [3.05, 3.63) is 34.9 Å². The third-order valence-electron chi connectivity index (χ3n) is 9.64. The molecule has 222 valence electrons. The molecule has 1 amide bonds. The first kappa shape index (κ1) is 32.7. The van der Waals surface area contributed by atoms with Gasteiger partial charge in [-0.2, -0.15) is 0 Å². The van der Waals surface area contributed by atoms with Gasteiger partial charge in [-0.3, -0.25) is 14.6 Å². The van der Waals surface area contributed by atoms with Crippen molar-refractivity contribution in [1.29, 1.82) is 0 Å². The van der Waals surface area contributed by atoms with Crippen molar-refractivity contribution in [3.8, 4) is 0 Å². The number of nitrogens with zero attached hydrogens (tertiary/aromatic N) is 3. The maximum atomic E-state index is 14.2. The van der Waals surface area contributed by atoms with Crippen molar-refractivity contribution < 1.29 is 9.90 Å². The zero-order valence-electron chi connectivity index (χ0n) is 25.4. The molecule has 0 radical (unpaired) electrons. The molecule has 1 aromatic rings. The van der Waals surface area contributed by atoms with Gasteiger partial charge in [-0.05, 0) is 76.0 Å². The first-order chi connectivity index (χ1) is 17.7. The molecule has 39 heavy (non-hydrogen) atoms. The van der Waals surface area contributed by atoms with Gasteiger partial charge in [0.15, 0.2) is 0 Å². The van der Waals surface area contributed by atoms with Gasteiger partial charge in [-0.25, -0.2) is 0 Å². The van der Waals surface area contributed by atoms with Crippen molar-refractivity contribution in [3.63, 3.8) is 0 Å². The fourth-order valence-electron chi connectivity index (χ4n) is 6.91. The van der Waals surface area contributed by atoms with Crippen LogP contribution in [0.4, 0.5) is 0 Å². The molecule has 4 rings (SSSR count). The van der Waals surface area contributed by atoms with Crippen molar-refractivity contribution >= 4 is 29.9 Å². The average molecular weight is 583 g/mol. The fourth-order valence-corrected chi connectivity index (χ4v) is 7.04. The molecular formula is C32H53Cl2N3O2. The van der Waals surface area contributed by atoms with Crippen LogP contribution in [0.5, 0.6) is 0 Å². The molecule has 3 atom stereocenters. The van der Waals surface area contributed by atoms with Crippen LogP contribution in [0.3, 0.4) is 0 Å². The highest BCUT2D eigenvalue weighted by Crippen LogP contribution is 2.41. The maximum absolute atomic E-state index is 14.2. The Morgan fingerprint density at radius 3 is 2.18 bits per heavy atom. The number of hydrogen-bond acceptors (Lipinski definition) is 4. The number of halogens is 2. The predicted octanol–water partition coefficient (Wildman–Crippen LogP) is 6.47. The summed E-state index contributed by atoms with van der Waals surface area (Å²) in [4.78, 5) is 21.5. The second-order valence-corrected chi connectivity index (χ2v) is 15.4. The Bertz CT molecular complexity index is 949. The summed E-state index contributed by atoms with van der Waals surface area (Å²) in [7, 11) is 0. The SMILES string of the molecule is CC1(C)CCC(N(CC(C)(C)CO)[C@H]2CCN(C(=O)[C@@H]3CN(C(C)(C)C)C[C@H]3c3ccc(Cl)cc3)C2)CC1.Cl. The number of carbonyl (C=O) groups is 1. The average Bonchev–Trinajstić information content (AvgIpc) is 3.51. The van der Waals surface area contributed by atoms with Crippen molar-refractivity contribution in [1.82, 2.24) is 14.7 Å². The highest BCUT2D eigenvalue weighted by Gasteiger charge is 2.46. The zero-order chi connectivity index (χ0) is 27.9. The highest BCUT2D eigenvalue weighted by atomic mass is 35.5. The van der Waals surface area contributed by atoms with Crippen LogP contribution in [0.25, 0.3) is 0 Å². The van der Waals surface area contributed by atoms with Crippen LogP contribution in [0.2, 0.25) is 5.02 Å². The van der Waals surface area contributed by atoms with E-state index in [1.165, 1.54) is 31.2 Å². The molecule has 1 aliphatic carbocycles. The standard InChI is InChI=1S/C32H52ClN3O2.ClH/c1-30(2,3)35-19-27(23-8-10-24(33)11-9-23)28(20-35)29(38)34-17-14-26(18-34)36(21-32(6,7)22-37)25-12-15-31(4,5)16-13-25;/h8-11,25-28,37H,12-22H2,1-7H3;1H/t26-,27-,28+;/m0./s1. The fraction of sp³-hybridized carbons (Fsp3) is 0.781. The number of amides is 1. The van der Waals surface area contributed by atoms with Crippen molar-refractivity contribution in [2.45, 2.75) is 104 Å². The molecular weight excluding hydrogens is 529 g/mol. The van der Waals surface area contributed by atoms with Gasteiger partial charge < -0.3 is 10.0 Å². The smallest absolute Gasteiger partial charge is 0.227 e. The Balaban J connectivity index is 0.00000420. The first-order valence-electron chi connectivity index (χ1n) is 14.8. The van der Waals surface area contributed by atoms with E-state index in [1.807, 2.05) is 12.1 Å². The van der Waals surface area contributed by atoms with Crippen LogP contribution in [-0.4, -0.2) is 82.7 Å². The Hall–Kier alpha value is -0.850. The van der Waals surface area contributed by atoms with Crippen LogP contribution in [-0.2, 0) is 4.79 Å². The minimum atomic E-state index is -0.150. The summed E-state index contributed by atoms with van der Waals surface area (Å²) in [5, 5.41) is 10.8. The van der Waals surface area contributed by atoms with E-state index in [9.17, 15) is 9.90 Å². The molecule has 2 saturated heterocycles. The summed E-state index contributed by atoms with van der Waals surface area (Å²) in [6, 6.07) is 9.03. The molecule has 3 fully saturated rings. The van der Waals surface area contributed by atoms with Crippen LogP contribution >= 0.6 is 24.0 Å². The number of likely N-dealkylation sites (tertiary alicyclic amines) is 2. The number of rotatable bonds is 7. The Morgan fingerprint density at radius 2 is 1.62 bits per heavy atom. The minimum Gasteiger partial charge on any atom is -0.396 e. The third-order valence-corrected chi connectivity index (χ3v) is 9.90. The van der Waals surface area contributed by atoms with E-state index < -0.39 is 0 Å². The molecule has 1 N–H and O–H groups in total. The van der Waals surface area contributed by atoms with Gasteiger partial charge >= 0.3 is 0 Å². The van der Waals surface area contributed by atoms with E-state index in [2.05, 4.69) is 75.3 Å². The lowest BCUT2D eigenvalue weighted by molar-refractivity contribution is -0.134. The minimum absolute atomic E-state index is 0. The molecule has 2 heterocycles. The van der Waals surface area contributed by atoms with Gasteiger partial charge in [0, 0.05) is 73.3 Å². The quantitative estimate of drug-likeness (QED) is 0.401. The second kappa shape index (κ2) is 12.6. The van der Waals surface area contributed by atoms with E-state index in [1.54, 1.807) is 0 Å². The zero-order valence-corrected chi connectivity index (χ0v) is 27.0. The van der Waals surface area contributed by atoms with Gasteiger partial charge in [0.25, 0.3) is 0 Å². The van der Waals surface area contributed by atoms with Crippen LogP contribution < -0.4 is 0 Å². The van der Waals surface area contributed by atoms with Gasteiger partial charge in [-0.15, -0.1) is 12.4 Å². The molecule has 0 bridgehead atoms. The van der Waals surface area contributed by atoms with E-state index >= 15 is 0 Å². The number of hydrogen-bond donors (Lipinski definition) is 1. The number of carbonyl (C=O) groups excluding carboxylic acids is 1. The molecule has 1 saturated carbocycles. The largest absolute Gasteiger partial charge is 0.396 e. The van der Waals surface area contributed by atoms with E-state index in [0.717, 1.165) is 44.2 Å². The Labute approximate surface area is 249 Å². The lowest BCUT2D eigenvalue weighted by atomic mass is 9.74. The molecule has 0 unspecified atom stereocenters. The summed E-state index contributed by atoms with van der Waals surface area (Å²) in [6.07, 6.45) is 5.93. The molecule has 7 heteroatoms. The normalized spacial score (nSPS) is 26.7. The summed E-state index contributed by atoms with van der Waals surface area (Å²) < 4.78 is 0. The van der Waals surface area contributed by atoms with Gasteiger partial charge in [0.05, 0.1) is 5.92 Å². The van der Waals surface area contributed by atoms with Crippen molar-refractivity contribution in [2.75, 3.05) is 39.3 Å². The Kier molecular flexibility index (Phi) is 10.5. The summed E-state index contributed by atoms with van der Waals surface area (Å²) in [5.74, 6) is 0.459. The summed E-state index contributed by atoms with van der Waals surface area (Å²) >= 11 is 6.20. The lowest BCUT2D eigenvalue weighted by Crippen LogP contribution is -2.51. The summed E-state index contributed by atoms with van der Waals surface area (Å²) in [5.41, 5.74) is 1.51. The third kappa shape index (κ3) is 7.92. The predicted molar refractivity (Wildman–Crippen MR) is 165 cm³/mol. The number of aliphatic hydroxyl groups is 1. The molecule has 0 aromatic heterocycles. The molecule has 2 aliphatic heterocycles. The van der Waals surface area contributed by atoms with E-state index in [0.29, 0.717) is 23.4 Å². The van der Waals surface area contributed by atoms with Crippen LogP contribution in [0, 0.1) is 16.7 Å². The molecule has 5 nitrogen and oxygen atoms in total. The summed E-state index contributed by atoms with van der Waals surface area (Å²) in [6.45, 7) is 20.3. The Morgan fingerprint density at radius 1 is 1.00 bits per heavy atom.